The van der Waals surface area contributed by atoms with E-state index in [1.165, 1.54) is 0 Å². The first-order valence-corrected chi connectivity index (χ1v) is 10.2. The molecule has 0 spiro atoms. The third-order valence-corrected chi connectivity index (χ3v) is 5.13. The van der Waals surface area contributed by atoms with Crippen LogP contribution in [-0.4, -0.2) is 29.3 Å². The van der Waals surface area contributed by atoms with Crippen LogP contribution in [0.3, 0.4) is 0 Å². The molecule has 0 aliphatic heterocycles. The Bertz CT molecular complexity index is 1220. The van der Waals surface area contributed by atoms with Gasteiger partial charge in [-0.05, 0) is 36.2 Å². The van der Waals surface area contributed by atoms with Crippen LogP contribution in [0, 0.1) is 6.92 Å². The van der Waals surface area contributed by atoms with Gasteiger partial charge >= 0.3 is 0 Å². The molecule has 0 fully saturated rings. The molecule has 2 aromatic carbocycles. The lowest BCUT2D eigenvalue weighted by Crippen LogP contribution is -2.05. The molecule has 31 heavy (non-hydrogen) atoms. The Morgan fingerprint density at radius 2 is 1.81 bits per heavy atom. The average molecular weight is 418 g/mol. The quantitative estimate of drug-likeness (QED) is 0.433. The molecule has 0 saturated carbocycles. The van der Waals surface area contributed by atoms with Crippen LogP contribution in [-0.2, 0) is 6.54 Å². The number of methoxy groups -OCH3 is 2. The summed E-state index contributed by atoms with van der Waals surface area (Å²) in [5, 5.41) is 8.68. The van der Waals surface area contributed by atoms with Gasteiger partial charge in [-0.1, -0.05) is 43.3 Å². The van der Waals surface area contributed by atoms with Crippen LogP contribution in [0.5, 0.6) is 11.5 Å². The van der Waals surface area contributed by atoms with Gasteiger partial charge in [0, 0.05) is 17.8 Å². The fraction of sp³-hybridized carbons (Fsp3) is 0.292. The Balaban J connectivity index is 1.73. The number of aryl methyl sites for hydroxylation is 1. The van der Waals surface area contributed by atoms with Crippen molar-refractivity contribution in [3.63, 3.8) is 0 Å². The van der Waals surface area contributed by atoms with Gasteiger partial charge in [0.1, 0.15) is 5.82 Å². The summed E-state index contributed by atoms with van der Waals surface area (Å²) < 4.78 is 16.2. The zero-order valence-electron chi connectivity index (χ0n) is 18.4. The van der Waals surface area contributed by atoms with Crippen molar-refractivity contribution in [2.45, 2.75) is 33.2 Å². The number of fused-ring (bicyclic) bond motifs is 1. The van der Waals surface area contributed by atoms with Gasteiger partial charge in [-0.3, -0.25) is 0 Å². The maximum absolute atomic E-state index is 5.44. The van der Waals surface area contributed by atoms with E-state index in [4.69, 9.17) is 19.0 Å². The van der Waals surface area contributed by atoms with Crippen molar-refractivity contribution < 1.29 is 14.0 Å². The summed E-state index contributed by atoms with van der Waals surface area (Å²) in [6.45, 7) is 6.65. The normalized spacial score (nSPS) is 11.2. The number of nitrogens with zero attached hydrogens (tertiary/aromatic N) is 3. The number of ether oxygens (including phenoxy) is 2. The highest BCUT2D eigenvalue weighted by Crippen LogP contribution is 2.32. The van der Waals surface area contributed by atoms with Crippen LogP contribution >= 0.6 is 0 Å². The van der Waals surface area contributed by atoms with Gasteiger partial charge in [0.15, 0.2) is 11.5 Å². The highest BCUT2D eigenvalue weighted by Gasteiger charge is 2.17. The minimum Gasteiger partial charge on any atom is -0.493 e. The number of nitrogens with one attached hydrogen (secondary N) is 1. The lowest BCUT2D eigenvalue weighted by molar-refractivity contribution is 0.354. The van der Waals surface area contributed by atoms with E-state index in [1.807, 2.05) is 44.2 Å². The van der Waals surface area contributed by atoms with E-state index >= 15 is 0 Å². The van der Waals surface area contributed by atoms with Crippen LogP contribution < -0.4 is 14.8 Å². The van der Waals surface area contributed by atoms with E-state index in [2.05, 4.69) is 34.5 Å². The first kappa shape index (κ1) is 20.7. The number of rotatable bonds is 7. The topological polar surface area (TPSA) is 82.3 Å². The monoisotopic (exact) mass is 418 g/mol. The number of aromatic nitrogens is 3. The van der Waals surface area contributed by atoms with Crippen molar-refractivity contribution in [3.8, 4) is 22.9 Å². The Labute approximate surface area is 181 Å². The molecule has 4 rings (SSSR count). The van der Waals surface area contributed by atoms with E-state index in [0.29, 0.717) is 35.6 Å². The minimum absolute atomic E-state index is 0.153. The molecule has 2 aromatic heterocycles. The highest BCUT2D eigenvalue weighted by atomic mass is 16.5. The summed E-state index contributed by atoms with van der Waals surface area (Å²) in [6, 6.07) is 14.0. The number of anilines is 1. The summed E-state index contributed by atoms with van der Waals surface area (Å²) >= 11 is 0. The summed E-state index contributed by atoms with van der Waals surface area (Å²) in [5.41, 5.74) is 3.88. The molecule has 0 unspecified atom stereocenters. The summed E-state index contributed by atoms with van der Waals surface area (Å²) in [5.74, 6) is 3.36. The van der Waals surface area contributed by atoms with Crippen LogP contribution in [0.25, 0.3) is 22.3 Å². The fourth-order valence-electron chi connectivity index (χ4n) is 3.41. The predicted octanol–water partition coefficient (Wildman–Crippen LogP) is 5.35. The molecule has 4 aromatic rings. The number of pyridine rings is 1. The van der Waals surface area contributed by atoms with E-state index < -0.39 is 0 Å². The van der Waals surface area contributed by atoms with E-state index in [0.717, 1.165) is 27.6 Å². The Morgan fingerprint density at radius 1 is 1.00 bits per heavy atom. The number of para-hydroxylation sites is 1. The van der Waals surface area contributed by atoms with Crippen molar-refractivity contribution in [2.24, 2.45) is 0 Å². The maximum atomic E-state index is 5.44. The maximum Gasteiger partial charge on any atom is 0.229 e. The zero-order chi connectivity index (χ0) is 22.0. The van der Waals surface area contributed by atoms with E-state index in [1.54, 1.807) is 14.2 Å². The van der Waals surface area contributed by atoms with Crippen molar-refractivity contribution >= 4 is 16.7 Å². The third-order valence-electron chi connectivity index (χ3n) is 5.13. The van der Waals surface area contributed by atoms with Gasteiger partial charge in [0.05, 0.1) is 25.3 Å². The molecule has 0 amide bonds. The van der Waals surface area contributed by atoms with Crippen LogP contribution in [0.15, 0.2) is 47.0 Å². The summed E-state index contributed by atoms with van der Waals surface area (Å²) in [6.07, 6.45) is 0. The zero-order valence-corrected chi connectivity index (χ0v) is 18.4. The number of hydrogen-bond acceptors (Lipinski definition) is 7. The second kappa shape index (κ2) is 8.63. The van der Waals surface area contributed by atoms with Crippen LogP contribution in [0.2, 0.25) is 0 Å². The molecule has 7 heteroatoms. The number of benzene rings is 2. The molecule has 0 aliphatic rings. The van der Waals surface area contributed by atoms with Gasteiger partial charge in [-0.2, -0.15) is 4.98 Å². The second-order valence-corrected chi connectivity index (χ2v) is 7.68. The van der Waals surface area contributed by atoms with Gasteiger partial charge in [-0.25, -0.2) is 4.98 Å². The molecule has 2 heterocycles. The Kier molecular flexibility index (Phi) is 5.75. The molecule has 0 aliphatic carbocycles. The van der Waals surface area contributed by atoms with Crippen molar-refractivity contribution in [1.29, 1.82) is 0 Å². The predicted molar refractivity (Wildman–Crippen MR) is 121 cm³/mol. The SMILES string of the molecule is COc1ccc(CNc2nc3c(C)cccc3cc2-c2noc(C(C)C)n2)cc1OC. The van der Waals surface area contributed by atoms with Crippen molar-refractivity contribution in [2.75, 3.05) is 19.5 Å². The molecular formula is C24H26N4O3. The van der Waals surface area contributed by atoms with Crippen LogP contribution in [0.4, 0.5) is 5.82 Å². The smallest absolute Gasteiger partial charge is 0.229 e. The van der Waals surface area contributed by atoms with Crippen LogP contribution in [0.1, 0.15) is 36.8 Å². The molecule has 0 atom stereocenters. The van der Waals surface area contributed by atoms with E-state index in [-0.39, 0.29) is 5.92 Å². The van der Waals surface area contributed by atoms with Gasteiger partial charge in [0.25, 0.3) is 0 Å². The first-order valence-electron chi connectivity index (χ1n) is 10.2. The van der Waals surface area contributed by atoms with Gasteiger partial charge in [-0.15, -0.1) is 0 Å². The summed E-state index contributed by atoms with van der Waals surface area (Å²) in [4.78, 5) is 9.49. The Hall–Kier alpha value is -3.61. The standard InChI is InChI=1S/C24H26N4O3/c1-14(2)24-27-23(28-31-24)18-12-17-8-6-7-15(3)21(17)26-22(18)25-13-16-9-10-19(29-4)20(11-16)30-5/h6-12,14H,13H2,1-5H3,(H,25,26). The summed E-state index contributed by atoms with van der Waals surface area (Å²) in [7, 11) is 3.25. The Morgan fingerprint density at radius 3 is 2.52 bits per heavy atom. The van der Waals surface area contributed by atoms with Crippen molar-refractivity contribution in [3.05, 3.63) is 59.5 Å². The van der Waals surface area contributed by atoms with Gasteiger partial charge in [0.2, 0.25) is 11.7 Å². The first-order chi connectivity index (χ1) is 15.0. The molecular weight excluding hydrogens is 392 g/mol. The molecule has 0 saturated heterocycles. The minimum atomic E-state index is 0.153. The molecule has 7 nitrogen and oxygen atoms in total. The average Bonchev–Trinajstić information content (AvgIpc) is 3.28. The molecule has 160 valence electrons. The fourth-order valence-corrected chi connectivity index (χ4v) is 3.41. The van der Waals surface area contributed by atoms with Crippen molar-refractivity contribution in [1.82, 2.24) is 15.1 Å². The lowest BCUT2D eigenvalue weighted by Gasteiger charge is -2.13. The van der Waals surface area contributed by atoms with Gasteiger partial charge < -0.3 is 19.3 Å². The van der Waals surface area contributed by atoms with E-state index in [9.17, 15) is 0 Å². The second-order valence-electron chi connectivity index (χ2n) is 7.68. The highest BCUT2D eigenvalue weighted by molar-refractivity contribution is 5.89. The number of hydrogen-bond donors (Lipinski definition) is 1. The lowest BCUT2D eigenvalue weighted by atomic mass is 10.1. The molecule has 1 N–H and O–H groups in total. The molecule has 0 radical (unpaired) electrons. The third kappa shape index (κ3) is 4.17. The molecule has 0 bridgehead atoms. The largest absolute Gasteiger partial charge is 0.493 e.